The van der Waals surface area contributed by atoms with Gasteiger partial charge in [-0.15, -0.1) is 10.3 Å². The predicted octanol–water partition coefficient (Wildman–Crippen LogP) is 3.19. The minimum Gasteiger partial charge on any atom is -0.282 e. The van der Waals surface area contributed by atoms with E-state index in [0.29, 0.717) is 5.57 Å². The molecule has 1 aliphatic heterocycles. The molecule has 0 aromatic carbocycles. The van der Waals surface area contributed by atoms with E-state index in [0.717, 1.165) is 12.8 Å². The summed E-state index contributed by atoms with van der Waals surface area (Å²) in [5, 5.41) is 13.6. The van der Waals surface area contributed by atoms with E-state index in [2.05, 4.69) is 6.58 Å². The molecular weight excluding hydrogens is 234 g/mol. The van der Waals surface area contributed by atoms with Gasteiger partial charge in [-0.3, -0.25) is 4.79 Å². The zero-order valence-electron chi connectivity index (χ0n) is 11.4. The monoisotopic (exact) mass is 256 g/mol. The summed E-state index contributed by atoms with van der Waals surface area (Å²) in [6.45, 7) is 13.2. The number of carbonyl (C=O) groups is 1. The smallest absolute Gasteiger partial charge is 0.214 e. The molecule has 0 aliphatic carbocycles. The third-order valence-corrected chi connectivity index (χ3v) is 4.41. The molecule has 0 spiro atoms. The topological polar surface area (TPSA) is 40.2 Å². The first kappa shape index (κ1) is 14.7. The Kier molecular flexibility index (Phi) is 4.12. The summed E-state index contributed by atoms with van der Waals surface area (Å²) in [6.07, 6.45) is 1.48. The molecule has 0 amide bonds. The summed E-state index contributed by atoms with van der Waals surface area (Å²) >= 11 is 1.33. The quantitative estimate of drug-likeness (QED) is 0.712. The fourth-order valence-corrected chi connectivity index (χ4v) is 3.99. The number of carbonyl (C=O) groups excluding carboxylic acids is 1. The Balaban J connectivity index is 2.78. The Bertz CT molecular complexity index is 318. The van der Waals surface area contributed by atoms with Crippen LogP contribution in [0.25, 0.3) is 0 Å². The fourth-order valence-electron chi connectivity index (χ4n) is 2.51. The average Bonchev–Trinajstić information content (AvgIpc) is 2.12. The second-order valence-corrected chi connectivity index (χ2v) is 7.41. The van der Waals surface area contributed by atoms with Gasteiger partial charge in [-0.05, 0) is 53.0 Å². The van der Waals surface area contributed by atoms with Crippen LogP contribution in [0.5, 0.6) is 0 Å². The lowest BCUT2D eigenvalue weighted by Crippen LogP contribution is -2.59. The molecule has 4 heteroatoms. The van der Waals surface area contributed by atoms with Crippen molar-refractivity contribution in [1.29, 1.82) is 0 Å². The van der Waals surface area contributed by atoms with Gasteiger partial charge in [0, 0.05) is 16.3 Å². The van der Waals surface area contributed by atoms with Crippen LogP contribution in [0.2, 0.25) is 0 Å². The maximum atomic E-state index is 12.1. The van der Waals surface area contributed by atoms with Crippen molar-refractivity contribution in [3.05, 3.63) is 12.2 Å². The molecule has 1 aliphatic rings. The molecule has 1 saturated heterocycles. The van der Waals surface area contributed by atoms with Gasteiger partial charge in [-0.1, -0.05) is 18.3 Å². The van der Waals surface area contributed by atoms with Crippen molar-refractivity contribution >= 4 is 16.9 Å². The van der Waals surface area contributed by atoms with E-state index in [1.54, 1.807) is 6.92 Å². The molecule has 17 heavy (non-hydrogen) atoms. The maximum absolute atomic E-state index is 12.1. The first-order valence-electron chi connectivity index (χ1n) is 5.90. The largest absolute Gasteiger partial charge is 0.282 e. The second kappa shape index (κ2) is 4.75. The van der Waals surface area contributed by atoms with Gasteiger partial charge in [0.15, 0.2) is 0 Å². The summed E-state index contributed by atoms with van der Waals surface area (Å²) in [5.74, 6) is 0. The van der Waals surface area contributed by atoms with E-state index in [1.165, 1.54) is 16.8 Å². The van der Waals surface area contributed by atoms with E-state index < -0.39 is 11.1 Å². The van der Waals surface area contributed by atoms with Gasteiger partial charge >= 0.3 is 0 Å². The van der Waals surface area contributed by atoms with Crippen LogP contribution >= 0.6 is 11.8 Å². The van der Waals surface area contributed by atoms with Crippen molar-refractivity contribution in [2.24, 2.45) is 0 Å². The second-order valence-electron chi connectivity index (χ2n) is 6.14. The highest BCUT2D eigenvalue weighted by atomic mass is 32.2. The SMILES string of the molecule is C=C(C)C(=O)SC1CC(C)(C)N([O])C(C)(C)C1. The van der Waals surface area contributed by atoms with Gasteiger partial charge in [0.05, 0.1) is 0 Å². The molecular formula is C13H22NO2S. The third-order valence-electron chi connectivity index (χ3n) is 3.18. The fraction of sp³-hybridized carbons (Fsp3) is 0.769. The number of hydrogen-bond donors (Lipinski definition) is 0. The summed E-state index contributed by atoms with van der Waals surface area (Å²) in [5.41, 5.74) is -0.237. The molecule has 97 valence electrons. The van der Waals surface area contributed by atoms with Gasteiger partial charge < -0.3 is 0 Å². The molecule has 0 unspecified atom stereocenters. The van der Waals surface area contributed by atoms with Crippen LogP contribution in [-0.2, 0) is 10.0 Å². The van der Waals surface area contributed by atoms with E-state index in [4.69, 9.17) is 0 Å². The Labute approximate surface area is 108 Å². The van der Waals surface area contributed by atoms with Crippen molar-refractivity contribution < 1.29 is 10.0 Å². The van der Waals surface area contributed by atoms with Crippen molar-refractivity contribution in [2.75, 3.05) is 0 Å². The summed E-state index contributed by atoms with van der Waals surface area (Å²) in [6, 6.07) is 0. The van der Waals surface area contributed by atoms with Crippen molar-refractivity contribution in [2.45, 2.75) is 63.8 Å². The van der Waals surface area contributed by atoms with Crippen LogP contribution in [0, 0.1) is 0 Å². The van der Waals surface area contributed by atoms with E-state index in [1.807, 2.05) is 27.7 Å². The zero-order chi connectivity index (χ0) is 13.4. The summed E-state index contributed by atoms with van der Waals surface area (Å²) < 4.78 is 0. The minimum absolute atomic E-state index is 0.0425. The zero-order valence-corrected chi connectivity index (χ0v) is 12.2. The molecule has 3 nitrogen and oxygen atoms in total. The highest BCUT2D eigenvalue weighted by Crippen LogP contribution is 2.42. The number of piperidine rings is 1. The Hall–Kier alpha value is -0.320. The van der Waals surface area contributed by atoms with Crippen molar-refractivity contribution in [3.63, 3.8) is 0 Å². The number of hydroxylamine groups is 2. The molecule has 0 aromatic rings. The standard InChI is InChI=1S/C13H22NO2S/c1-9(2)11(15)17-10-7-12(3,4)14(16)13(5,6)8-10/h10H,1,7-8H2,2-6H3. The maximum Gasteiger partial charge on any atom is 0.214 e. The molecule has 0 N–H and O–H groups in total. The van der Waals surface area contributed by atoms with Crippen LogP contribution in [0.1, 0.15) is 47.5 Å². The van der Waals surface area contributed by atoms with Gasteiger partial charge in [0.2, 0.25) is 5.12 Å². The molecule has 1 rings (SSSR count). The molecule has 1 heterocycles. The first-order valence-corrected chi connectivity index (χ1v) is 6.78. The molecule has 0 atom stereocenters. The van der Waals surface area contributed by atoms with E-state index in [-0.39, 0.29) is 10.4 Å². The number of hydrogen-bond acceptors (Lipinski definition) is 3. The highest BCUT2D eigenvalue weighted by Gasteiger charge is 2.46. The van der Waals surface area contributed by atoms with Gasteiger partial charge in [-0.2, -0.15) is 0 Å². The lowest BCUT2D eigenvalue weighted by atomic mass is 9.82. The molecule has 1 fully saturated rings. The summed E-state index contributed by atoms with van der Waals surface area (Å²) in [7, 11) is 0. The van der Waals surface area contributed by atoms with Crippen LogP contribution in [0.15, 0.2) is 12.2 Å². The van der Waals surface area contributed by atoms with Crippen molar-refractivity contribution in [3.8, 4) is 0 Å². The molecule has 0 bridgehead atoms. The van der Waals surface area contributed by atoms with Crippen LogP contribution in [-0.4, -0.2) is 26.5 Å². The lowest BCUT2D eigenvalue weighted by molar-refractivity contribution is -0.285. The number of rotatable bonds is 2. The van der Waals surface area contributed by atoms with Crippen LogP contribution in [0.3, 0.4) is 0 Å². The molecule has 0 aromatic heterocycles. The first-order chi connectivity index (χ1) is 7.56. The van der Waals surface area contributed by atoms with E-state index in [9.17, 15) is 10.0 Å². The summed E-state index contributed by atoms with van der Waals surface area (Å²) in [4.78, 5) is 11.7. The molecule has 1 radical (unpaired) electrons. The Morgan fingerprint density at radius 2 is 1.65 bits per heavy atom. The predicted molar refractivity (Wildman–Crippen MR) is 71.1 cm³/mol. The third kappa shape index (κ3) is 3.33. The van der Waals surface area contributed by atoms with Crippen LogP contribution in [0.4, 0.5) is 0 Å². The number of thioether (sulfide) groups is 1. The van der Waals surface area contributed by atoms with Crippen molar-refractivity contribution in [1.82, 2.24) is 5.06 Å². The minimum atomic E-state index is -0.408. The normalized spacial score (nSPS) is 24.6. The lowest BCUT2D eigenvalue weighted by Gasteiger charge is -2.49. The molecule has 0 saturated carbocycles. The van der Waals surface area contributed by atoms with Gasteiger partial charge in [0.1, 0.15) is 0 Å². The highest BCUT2D eigenvalue weighted by molar-refractivity contribution is 8.14. The number of nitrogens with zero attached hydrogens (tertiary/aromatic N) is 1. The Morgan fingerprint density at radius 3 is 2.00 bits per heavy atom. The van der Waals surface area contributed by atoms with Gasteiger partial charge in [0.25, 0.3) is 0 Å². The Morgan fingerprint density at radius 1 is 1.24 bits per heavy atom. The van der Waals surface area contributed by atoms with E-state index >= 15 is 0 Å². The van der Waals surface area contributed by atoms with Gasteiger partial charge in [-0.25, -0.2) is 0 Å². The average molecular weight is 256 g/mol. The van der Waals surface area contributed by atoms with Crippen LogP contribution < -0.4 is 0 Å².